The highest BCUT2D eigenvalue weighted by Gasteiger charge is 2.29. The van der Waals surface area contributed by atoms with E-state index in [0.717, 1.165) is 60.3 Å². The number of aromatic nitrogens is 5. The van der Waals surface area contributed by atoms with Crippen molar-refractivity contribution in [2.75, 3.05) is 51.8 Å². The lowest BCUT2D eigenvalue weighted by Crippen LogP contribution is -2.47. The number of rotatable bonds is 7. The molecule has 0 spiro atoms. The lowest BCUT2D eigenvalue weighted by atomic mass is 10.1. The molecule has 5 aromatic rings. The van der Waals surface area contributed by atoms with Crippen molar-refractivity contribution in [1.82, 2.24) is 34.6 Å². The lowest BCUT2D eigenvalue weighted by molar-refractivity contribution is 0.0664. The van der Waals surface area contributed by atoms with Gasteiger partial charge in [0.1, 0.15) is 11.9 Å². The molecule has 2 aromatic carbocycles. The first-order valence-corrected chi connectivity index (χ1v) is 14.8. The molecule has 2 aliphatic rings. The van der Waals surface area contributed by atoms with Crippen molar-refractivity contribution in [1.29, 1.82) is 0 Å². The number of carbonyl (C=O) groups excluding carboxylic acids is 1. The van der Waals surface area contributed by atoms with Gasteiger partial charge in [-0.25, -0.2) is 4.98 Å². The number of fused-ring (bicyclic) bond motifs is 2. The van der Waals surface area contributed by atoms with Gasteiger partial charge in [0.15, 0.2) is 23.0 Å². The number of ether oxygens (including phenoxy) is 2. The Bertz CT molecular complexity index is 1780. The summed E-state index contributed by atoms with van der Waals surface area (Å²) >= 11 is 0. The van der Waals surface area contributed by atoms with Gasteiger partial charge >= 0.3 is 0 Å². The van der Waals surface area contributed by atoms with Crippen molar-refractivity contribution in [2.24, 2.45) is 0 Å². The van der Waals surface area contributed by atoms with Crippen LogP contribution in [-0.2, 0) is 13.0 Å². The highest BCUT2D eigenvalue weighted by molar-refractivity contribution is 5.95. The summed E-state index contributed by atoms with van der Waals surface area (Å²) in [5.41, 5.74) is 4.08. The Morgan fingerprint density at radius 3 is 2.64 bits per heavy atom. The van der Waals surface area contributed by atoms with Crippen LogP contribution in [0.2, 0.25) is 0 Å². The maximum atomic E-state index is 13.2. The van der Waals surface area contributed by atoms with Crippen LogP contribution in [0.15, 0.2) is 79.0 Å². The Labute approximate surface area is 255 Å². The van der Waals surface area contributed by atoms with E-state index >= 15 is 0 Å². The number of amides is 1. The summed E-state index contributed by atoms with van der Waals surface area (Å²) in [6.45, 7) is 4.53. The molecule has 1 unspecified atom stereocenters. The molecule has 5 heterocycles. The van der Waals surface area contributed by atoms with Crippen LogP contribution in [-0.4, -0.2) is 93.5 Å². The van der Waals surface area contributed by atoms with Gasteiger partial charge in [0.2, 0.25) is 0 Å². The normalized spacial score (nSPS) is 16.9. The zero-order chi connectivity index (χ0) is 30.0. The van der Waals surface area contributed by atoms with Crippen LogP contribution in [0.4, 0.5) is 5.82 Å². The second-order valence-electron chi connectivity index (χ2n) is 11.3. The average Bonchev–Trinajstić information content (AvgIpc) is 3.47. The zero-order valence-corrected chi connectivity index (χ0v) is 24.8. The quantitative estimate of drug-likeness (QED) is 0.282. The fourth-order valence-corrected chi connectivity index (χ4v) is 5.78. The van der Waals surface area contributed by atoms with Crippen molar-refractivity contribution in [3.8, 4) is 22.8 Å². The van der Waals surface area contributed by atoms with Crippen LogP contribution in [0.25, 0.3) is 16.9 Å². The van der Waals surface area contributed by atoms with Gasteiger partial charge in [-0.15, -0.1) is 10.2 Å². The maximum Gasteiger partial charge on any atom is 0.253 e. The molecule has 1 fully saturated rings. The standard InChI is InChI=1S/C33H34N8O3/c1-38-15-17-39(18-16-38)33(42)25-6-3-5-24(19-25)28-12-13-30-35-36-31(41(30)37-28)20-27-22-40(32-29(44-27)7-4-14-34-32)21-23-8-10-26(43-2)11-9-23/h3-14,19,27H,15-18,20-22H2,1-2H3. The van der Waals surface area contributed by atoms with E-state index in [1.807, 2.05) is 65.6 Å². The van der Waals surface area contributed by atoms with E-state index in [0.29, 0.717) is 36.5 Å². The van der Waals surface area contributed by atoms with Crippen LogP contribution < -0.4 is 14.4 Å². The third kappa shape index (κ3) is 5.66. The predicted molar refractivity (Wildman–Crippen MR) is 166 cm³/mol. The molecular formula is C33H34N8O3. The monoisotopic (exact) mass is 590 g/mol. The molecule has 11 heteroatoms. The largest absolute Gasteiger partial charge is 0.497 e. The molecule has 0 N–H and O–H groups in total. The first-order chi connectivity index (χ1) is 21.5. The predicted octanol–water partition coefficient (Wildman–Crippen LogP) is 3.59. The number of hydrogen-bond acceptors (Lipinski definition) is 9. The smallest absolute Gasteiger partial charge is 0.253 e. The molecule has 1 atom stereocenters. The second kappa shape index (κ2) is 11.9. The Balaban J connectivity index is 1.12. The van der Waals surface area contributed by atoms with E-state index in [1.54, 1.807) is 17.8 Å². The van der Waals surface area contributed by atoms with Crippen molar-refractivity contribution >= 4 is 17.4 Å². The summed E-state index contributed by atoms with van der Waals surface area (Å²) in [7, 11) is 3.75. The fraction of sp³-hybridized carbons (Fsp3) is 0.303. The Kier molecular flexibility index (Phi) is 7.53. The number of anilines is 1. The van der Waals surface area contributed by atoms with Crippen molar-refractivity contribution in [3.05, 3.63) is 95.9 Å². The van der Waals surface area contributed by atoms with E-state index in [1.165, 1.54) is 0 Å². The minimum atomic E-state index is -0.188. The summed E-state index contributed by atoms with van der Waals surface area (Å²) in [5, 5.41) is 13.8. The summed E-state index contributed by atoms with van der Waals surface area (Å²) in [4.78, 5) is 24.2. The van der Waals surface area contributed by atoms with Crippen LogP contribution in [0.1, 0.15) is 21.7 Å². The number of pyridine rings is 1. The van der Waals surface area contributed by atoms with E-state index in [4.69, 9.17) is 14.6 Å². The Morgan fingerprint density at radius 1 is 0.977 bits per heavy atom. The molecule has 7 rings (SSSR count). The van der Waals surface area contributed by atoms with Crippen LogP contribution >= 0.6 is 0 Å². The summed E-state index contributed by atoms with van der Waals surface area (Å²) in [6.07, 6.45) is 2.11. The molecule has 0 aliphatic carbocycles. The number of carbonyl (C=O) groups is 1. The van der Waals surface area contributed by atoms with Gasteiger partial charge in [-0.1, -0.05) is 24.3 Å². The molecule has 3 aromatic heterocycles. The number of methoxy groups -OCH3 is 1. The van der Waals surface area contributed by atoms with E-state index in [2.05, 4.69) is 44.2 Å². The van der Waals surface area contributed by atoms with Crippen molar-refractivity contribution in [2.45, 2.75) is 19.1 Å². The van der Waals surface area contributed by atoms with E-state index < -0.39 is 0 Å². The van der Waals surface area contributed by atoms with Gasteiger partial charge in [-0.2, -0.15) is 9.61 Å². The Hall–Kier alpha value is -5.03. The highest BCUT2D eigenvalue weighted by atomic mass is 16.5. The molecule has 11 nitrogen and oxygen atoms in total. The minimum Gasteiger partial charge on any atom is -0.497 e. The van der Waals surface area contributed by atoms with Gasteiger partial charge in [0, 0.05) is 56.5 Å². The van der Waals surface area contributed by atoms with Gasteiger partial charge in [-0.05, 0) is 61.1 Å². The summed E-state index contributed by atoms with van der Waals surface area (Å²) < 4.78 is 13.5. The second-order valence-corrected chi connectivity index (χ2v) is 11.3. The molecule has 44 heavy (non-hydrogen) atoms. The van der Waals surface area contributed by atoms with Gasteiger partial charge in [0.05, 0.1) is 19.3 Å². The number of hydrogen-bond donors (Lipinski definition) is 0. The number of benzene rings is 2. The molecule has 1 amide bonds. The maximum absolute atomic E-state index is 13.2. The number of piperazine rings is 1. The minimum absolute atomic E-state index is 0.0504. The summed E-state index contributed by atoms with van der Waals surface area (Å²) in [5.74, 6) is 3.13. The van der Waals surface area contributed by atoms with Crippen LogP contribution in [0, 0.1) is 0 Å². The first-order valence-electron chi connectivity index (χ1n) is 14.8. The third-order valence-electron chi connectivity index (χ3n) is 8.23. The van der Waals surface area contributed by atoms with Crippen molar-refractivity contribution in [3.63, 3.8) is 0 Å². The fourth-order valence-electron chi connectivity index (χ4n) is 5.78. The van der Waals surface area contributed by atoms with Crippen LogP contribution in [0.3, 0.4) is 0 Å². The molecular weight excluding hydrogens is 556 g/mol. The molecule has 0 bridgehead atoms. The van der Waals surface area contributed by atoms with Crippen LogP contribution in [0.5, 0.6) is 11.5 Å². The van der Waals surface area contributed by atoms with Crippen molar-refractivity contribution < 1.29 is 14.3 Å². The number of nitrogens with zero attached hydrogens (tertiary/aromatic N) is 8. The summed E-state index contributed by atoms with van der Waals surface area (Å²) in [6, 6.07) is 23.4. The number of likely N-dealkylation sites (N-methyl/N-ethyl adjacent to an activating group) is 1. The van der Waals surface area contributed by atoms with E-state index in [9.17, 15) is 4.79 Å². The third-order valence-corrected chi connectivity index (χ3v) is 8.23. The molecule has 224 valence electrons. The topological polar surface area (TPSA) is 101 Å². The molecule has 1 saturated heterocycles. The first kappa shape index (κ1) is 27.8. The SMILES string of the molecule is COc1ccc(CN2CC(Cc3nnc4ccc(-c5cccc(C(=O)N6CCN(C)CC6)c5)nn34)Oc3cccnc32)cc1. The molecule has 0 radical (unpaired) electrons. The molecule has 0 saturated carbocycles. The van der Waals surface area contributed by atoms with Gasteiger partial charge < -0.3 is 24.2 Å². The molecule has 2 aliphatic heterocycles. The van der Waals surface area contributed by atoms with E-state index in [-0.39, 0.29) is 12.0 Å². The Morgan fingerprint density at radius 2 is 1.82 bits per heavy atom. The van der Waals surface area contributed by atoms with Gasteiger partial charge in [0.25, 0.3) is 5.91 Å². The lowest BCUT2D eigenvalue weighted by Gasteiger charge is -2.35. The van der Waals surface area contributed by atoms with Gasteiger partial charge in [-0.3, -0.25) is 4.79 Å². The highest BCUT2D eigenvalue weighted by Crippen LogP contribution is 2.33. The zero-order valence-electron chi connectivity index (χ0n) is 24.8. The average molecular weight is 591 g/mol.